The van der Waals surface area contributed by atoms with Gasteiger partial charge in [0.15, 0.2) is 11.6 Å². The summed E-state index contributed by atoms with van der Waals surface area (Å²) in [5, 5.41) is 0. The molecule has 0 saturated heterocycles. The van der Waals surface area contributed by atoms with E-state index in [-0.39, 0.29) is 30.1 Å². The predicted molar refractivity (Wildman–Crippen MR) is 108 cm³/mol. The molecule has 0 aliphatic carbocycles. The van der Waals surface area contributed by atoms with Crippen LogP contribution in [0, 0.1) is 11.9 Å². The molecule has 0 spiro atoms. The monoisotopic (exact) mass is 410 g/mol. The molecular weight excluding hydrogens is 390 g/mol. The first-order valence-electron chi connectivity index (χ1n) is 9.42. The molecule has 0 aliphatic heterocycles. The first-order valence-corrected chi connectivity index (χ1v) is 9.42. The minimum atomic E-state index is -0.898. The van der Waals surface area contributed by atoms with E-state index < -0.39 is 11.9 Å². The van der Waals surface area contributed by atoms with Crippen LogP contribution in [0.25, 0.3) is 11.4 Å². The summed E-state index contributed by atoms with van der Waals surface area (Å²) >= 11 is 0. The molecule has 6 nitrogen and oxygen atoms in total. The van der Waals surface area contributed by atoms with E-state index in [1.54, 1.807) is 50.6 Å². The number of nitrogens with zero attached hydrogens (tertiary/aromatic N) is 4. The summed E-state index contributed by atoms with van der Waals surface area (Å²) in [6.45, 7) is 1.78. The third-order valence-electron chi connectivity index (χ3n) is 4.68. The molecule has 0 fully saturated rings. The van der Waals surface area contributed by atoms with Crippen molar-refractivity contribution in [2.75, 3.05) is 11.9 Å². The molecule has 1 aromatic carbocycles. The summed E-state index contributed by atoms with van der Waals surface area (Å²) in [5.41, 5.74) is 1.98. The van der Waals surface area contributed by atoms with E-state index in [0.29, 0.717) is 23.5 Å². The minimum absolute atomic E-state index is 0.0366. The largest absolute Gasteiger partial charge is 0.313 e. The van der Waals surface area contributed by atoms with Gasteiger partial charge in [0.05, 0.1) is 18.1 Å². The van der Waals surface area contributed by atoms with Gasteiger partial charge >= 0.3 is 0 Å². The van der Waals surface area contributed by atoms with Crippen molar-refractivity contribution in [2.45, 2.75) is 26.2 Å². The number of hydrogen-bond donors (Lipinski definition) is 0. The molecule has 30 heavy (non-hydrogen) atoms. The minimum Gasteiger partial charge on any atom is -0.313 e. The van der Waals surface area contributed by atoms with Gasteiger partial charge in [0.1, 0.15) is 0 Å². The van der Waals surface area contributed by atoms with E-state index >= 15 is 0 Å². The first-order chi connectivity index (χ1) is 14.4. The number of carbonyl (C=O) groups excluding carboxylic acids is 2. The fraction of sp³-hybridized carbons (Fsp3) is 0.227. The molecule has 0 bridgehead atoms. The van der Waals surface area contributed by atoms with Crippen LogP contribution in [0.15, 0.2) is 48.8 Å². The Labute approximate surface area is 172 Å². The smallest absolute Gasteiger partial charge is 0.226 e. The lowest BCUT2D eigenvalue weighted by atomic mass is 10.0. The summed E-state index contributed by atoms with van der Waals surface area (Å²) in [4.78, 5) is 37.3. The number of anilines is 1. The lowest BCUT2D eigenvalue weighted by Gasteiger charge is -2.15. The molecule has 3 aromatic rings. The van der Waals surface area contributed by atoms with Crippen molar-refractivity contribution in [2.24, 2.45) is 0 Å². The highest BCUT2D eigenvalue weighted by Gasteiger charge is 2.12. The van der Waals surface area contributed by atoms with Gasteiger partial charge in [0.2, 0.25) is 17.8 Å². The maximum atomic E-state index is 13.6. The van der Waals surface area contributed by atoms with Gasteiger partial charge in [0, 0.05) is 36.6 Å². The molecule has 3 rings (SSSR count). The zero-order valence-corrected chi connectivity index (χ0v) is 16.6. The highest BCUT2D eigenvalue weighted by molar-refractivity contribution is 5.96. The van der Waals surface area contributed by atoms with E-state index in [2.05, 4.69) is 15.0 Å². The van der Waals surface area contributed by atoms with Crippen molar-refractivity contribution in [3.05, 3.63) is 71.8 Å². The highest BCUT2D eigenvalue weighted by atomic mass is 19.1. The van der Waals surface area contributed by atoms with Gasteiger partial charge in [-0.1, -0.05) is 31.2 Å². The van der Waals surface area contributed by atoms with E-state index in [4.69, 9.17) is 0 Å². The number of ketones is 1. The molecule has 2 heterocycles. The Morgan fingerprint density at radius 2 is 1.67 bits per heavy atom. The fourth-order valence-corrected chi connectivity index (χ4v) is 2.85. The highest BCUT2D eigenvalue weighted by Crippen LogP contribution is 2.19. The molecule has 0 radical (unpaired) electrons. The number of benzene rings is 1. The topological polar surface area (TPSA) is 76.1 Å². The molecule has 1 amide bonds. The number of amides is 1. The molecule has 154 valence electrons. The quantitative estimate of drug-likeness (QED) is 0.435. The normalized spacial score (nSPS) is 10.7. The van der Waals surface area contributed by atoms with Gasteiger partial charge in [-0.2, -0.15) is 13.8 Å². The predicted octanol–water partition coefficient (Wildman–Crippen LogP) is 4.01. The van der Waals surface area contributed by atoms with Crippen molar-refractivity contribution in [1.29, 1.82) is 0 Å². The third kappa shape index (κ3) is 4.89. The second-order valence-corrected chi connectivity index (χ2v) is 6.66. The van der Waals surface area contributed by atoms with Crippen LogP contribution in [0.2, 0.25) is 0 Å². The van der Waals surface area contributed by atoms with Crippen LogP contribution < -0.4 is 4.90 Å². The average molecular weight is 410 g/mol. The van der Waals surface area contributed by atoms with Gasteiger partial charge in [-0.3, -0.25) is 9.59 Å². The lowest BCUT2D eigenvalue weighted by molar-refractivity contribution is -0.118. The van der Waals surface area contributed by atoms with Crippen LogP contribution in [-0.2, 0) is 11.2 Å². The first kappa shape index (κ1) is 21.2. The number of halogens is 2. The summed E-state index contributed by atoms with van der Waals surface area (Å²) in [5.74, 6) is -1.52. The number of aryl methyl sites for hydroxylation is 1. The van der Waals surface area contributed by atoms with E-state index in [9.17, 15) is 18.4 Å². The molecule has 8 heteroatoms. The lowest BCUT2D eigenvalue weighted by Crippen LogP contribution is -2.25. The van der Waals surface area contributed by atoms with Crippen molar-refractivity contribution >= 4 is 17.4 Å². The third-order valence-corrected chi connectivity index (χ3v) is 4.68. The van der Waals surface area contributed by atoms with Gasteiger partial charge in [-0.25, -0.2) is 9.97 Å². The summed E-state index contributed by atoms with van der Waals surface area (Å²) in [6, 6.07) is 9.12. The van der Waals surface area contributed by atoms with Crippen LogP contribution in [0.4, 0.5) is 14.5 Å². The number of pyridine rings is 1. The Morgan fingerprint density at radius 3 is 2.27 bits per heavy atom. The molecule has 0 saturated carbocycles. The number of carbonyl (C=O) groups is 2. The maximum Gasteiger partial charge on any atom is 0.226 e. The SMILES string of the molecule is CCC(=O)N(C)c1cnc(-c2ccc(C(=O)CCc3ccc(F)nc3F)cc2)nc1. The van der Waals surface area contributed by atoms with Crippen molar-refractivity contribution in [3.63, 3.8) is 0 Å². The fourth-order valence-electron chi connectivity index (χ4n) is 2.85. The Kier molecular flexibility index (Phi) is 6.56. The zero-order chi connectivity index (χ0) is 21.7. The Hall–Kier alpha value is -3.55. The van der Waals surface area contributed by atoms with Gasteiger partial charge < -0.3 is 4.90 Å². The van der Waals surface area contributed by atoms with E-state index in [1.165, 1.54) is 11.0 Å². The van der Waals surface area contributed by atoms with Gasteiger partial charge in [0.25, 0.3) is 0 Å². The Bertz CT molecular complexity index is 1050. The van der Waals surface area contributed by atoms with Gasteiger partial charge in [-0.15, -0.1) is 0 Å². The molecule has 0 unspecified atom stereocenters. The standard InChI is InChI=1S/C22H20F2N4O2/c1-3-20(30)28(2)17-12-25-22(26-13-17)16-6-4-14(5-7-16)18(29)10-8-15-9-11-19(23)27-21(15)24/h4-7,9,11-13H,3,8,10H2,1-2H3. The van der Waals surface area contributed by atoms with Crippen LogP contribution >= 0.6 is 0 Å². The van der Waals surface area contributed by atoms with E-state index in [0.717, 1.165) is 11.6 Å². The zero-order valence-electron chi connectivity index (χ0n) is 16.6. The van der Waals surface area contributed by atoms with Crippen molar-refractivity contribution in [3.8, 4) is 11.4 Å². The average Bonchev–Trinajstić information content (AvgIpc) is 2.77. The number of rotatable bonds is 7. The molecule has 2 aromatic heterocycles. The summed E-state index contributed by atoms with van der Waals surface area (Å²) < 4.78 is 26.4. The second kappa shape index (κ2) is 9.30. The summed E-state index contributed by atoms with van der Waals surface area (Å²) in [7, 11) is 1.67. The molecule has 0 aliphatic rings. The van der Waals surface area contributed by atoms with Crippen LogP contribution in [0.3, 0.4) is 0 Å². The Morgan fingerprint density at radius 1 is 1.00 bits per heavy atom. The van der Waals surface area contributed by atoms with Crippen LogP contribution in [0.5, 0.6) is 0 Å². The van der Waals surface area contributed by atoms with Crippen LogP contribution in [0.1, 0.15) is 35.7 Å². The van der Waals surface area contributed by atoms with Crippen molar-refractivity contribution in [1.82, 2.24) is 15.0 Å². The number of hydrogen-bond acceptors (Lipinski definition) is 5. The van der Waals surface area contributed by atoms with E-state index in [1.807, 2.05) is 0 Å². The molecular formula is C22H20F2N4O2. The van der Waals surface area contributed by atoms with Crippen LogP contribution in [-0.4, -0.2) is 33.7 Å². The van der Waals surface area contributed by atoms with Crippen molar-refractivity contribution < 1.29 is 18.4 Å². The second-order valence-electron chi connectivity index (χ2n) is 6.66. The van der Waals surface area contributed by atoms with Gasteiger partial charge in [-0.05, 0) is 18.6 Å². The summed E-state index contributed by atoms with van der Waals surface area (Å²) in [6.07, 6.45) is 3.74. The molecule has 0 N–H and O–H groups in total. The Balaban J connectivity index is 1.65. The number of aromatic nitrogens is 3. The molecule has 0 atom stereocenters. The maximum absolute atomic E-state index is 13.6. The number of Topliss-reactive ketones (excluding diaryl/α,β-unsaturated/α-hetero) is 1.